The van der Waals surface area contributed by atoms with E-state index < -0.39 is 0 Å². The lowest BCUT2D eigenvalue weighted by atomic mass is 10.4. The normalized spacial score (nSPS) is 10.5. The second kappa shape index (κ2) is 4.28. The van der Waals surface area contributed by atoms with Crippen LogP contribution in [-0.4, -0.2) is 36.5 Å². The molecule has 3 aromatic rings. The average Bonchev–Trinajstić information content (AvgIpc) is 3.10. The van der Waals surface area contributed by atoms with Gasteiger partial charge in [0, 0.05) is 25.6 Å². The van der Waals surface area contributed by atoms with Crippen LogP contribution in [0.15, 0.2) is 37.1 Å². The molecule has 0 saturated carbocycles. The van der Waals surface area contributed by atoms with Gasteiger partial charge in [-0.2, -0.15) is 15.0 Å². The highest BCUT2D eigenvalue weighted by molar-refractivity contribution is 5.52. The number of aromatic nitrogens is 6. The zero-order chi connectivity index (χ0) is 12.4. The van der Waals surface area contributed by atoms with Crippen molar-refractivity contribution < 1.29 is 0 Å². The van der Waals surface area contributed by atoms with Crippen molar-refractivity contribution in [2.45, 2.75) is 0 Å². The highest BCUT2D eigenvalue weighted by Crippen LogP contribution is 2.15. The molecule has 3 aromatic heterocycles. The maximum absolute atomic E-state index is 4.40. The molecular formula is C11H11N7. The number of imidazole rings is 1. The highest BCUT2D eigenvalue weighted by Gasteiger charge is 2.09. The maximum Gasteiger partial charge on any atom is 0.240 e. The van der Waals surface area contributed by atoms with E-state index in [2.05, 4.69) is 30.2 Å². The highest BCUT2D eigenvalue weighted by atomic mass is 15.2. The molecule has 7 nitrogen and oxygen atoms in total. The molecule has 0 saturated heterocycles. The third-order valence-electron chi connectivity index (χ3n) is 2.42. The molecule has 0 bridgehead atoms. The van der Waals surface area contributed by atoms with Crippen LogP contribution in [-0.2, 0) is 0 Å². The second-order valence-electron chi connectivity index (χ2n) is 3.59. The Balaban J connectivity index is 2.13. The van der Waals surface area contributed by atoms with Crippen LogP contribution in [0.25, 0.3) is 17.5 Å². The molecule has 2 N–H and O–H groups in total. The van der Waals surface area contributed by atoms with Crippen LogP contribution >= 0.6 is 0 Å². The van der Waals surface area contributed by atoms with Crippen LogP contribution < -0.4 is 5.32 Å². The van der Waals surface area contributed by atoms with Gasteiger partial charge in [-0.1, -0.05) is 0 Å². The molecule has 0 fully saturated rings. The number of H-pyrrole nitrogens is 1. The lowest BCUT2D eigenvalue weighted by molar-refractivity contribution is 0.900. The molecule has 0 atom stereocenters. The lowest BCUT2D eigenvalue weighted by Crippen LogP contribution is -2.06. The van der Waals surface area contributed by atoms with Gasteiger partial charge in [0.1, 0.15) is 6.33 Å². The first-order valence-electron chi connectivity index (χ1n) is 5.43. The SMILES string of the molecule is CNc1nc(-c2ccc[nH]2)nc(-n2ccnc2)n1. The quantitative estimate of drug-likeness (QED) is 0.717. The number of hydrogen-bond donors (Lipinski definition) is 2. The summed E-state index contributed by atoms with van der Waals surface area (Å²) in [5.74, 6) is 1.62. The summed E-state index contributed by atoms with van der Waals surface area (Å²) in [6.07, 6.45) is 6.94. The molecule has 90 valence electrons. The van der Waals surface area contributed by atoms with Crippen molar-refractivity contribution in [3.05, 3.63) is 37.1 Å². The molecule has 0 aliphatic rings. The van der Waals surface area contributed by atoms with Gasteiger partial charge in [0.15, 0.2) is 5.82 Å². The van der Waals surface area contributed by atoms with Crippen molar-refractivity contribution in [1.29, 1.82) is 0 Å². The zero-order valence-corrected chi connectivity index (χ0v) is 9.70. The Bertz CT molecular complexity index is 575. The molecule has 0 aromatic carbocycles. The number of rotatable bonds is 3. The largest absolute Gasteiger partial charge is 0.359 e. The second-order valence-corrected chi connectivity index (χ2v) is 3.59. The average molecular weight is 241 g/mol. The maximum atomic E-state index is 4.40. The van der Waals surface area contributed by atoms with Gasteiger partial charge in [-0.25, -0.2) is 4.98 Å². The Morgan fingerprint density at radius 3 is 2.89 bits per heavy atom. The molecule has 7 heteroatoms. The Kier molecular flexibility index (Phi) is 2.49. The number of aromatic amines is 1. The first-order chi connectivity index (χ1) is 8.86. The van der Waals surface area contributed by atoms with Gasteiger partial charge < -0.3 is 10.3 Å². The third-order valence-corrected chi connectivity index (χ3v) is 2.42. The Hall–Kier alpha value is -2.70. The van der Waals surface area contributed by atoms with Gasteiger partial charge in [0.2, 0.25) is 11.9 Å². The molecular weight excluding hydrogens is 230 g/mol. The summed E-state index contributed by atoms with van der Waals surface area (Å²) in [6.45, 7) is 0. The van der Waals surface area contributed by atoms with Gasteiger partial charge in [-0.05, 0) is 12.1 Å². The predicted octanol–water partition coefficient (Wildman–Crippen LogP) is 1.09. The van der Waals surface area contributed by atoms with Crippen LogP contribution in [0.5, 0.6) is 0 Å². The van der Waals surface area contributed by atoms with E-state index in [1.54, 1.807) is 30.3 Å². The predicted molar refractivity (Wildman–Crippen MR) is 66.3 cm³/mol. The van der Waals surface area contributed by atoms with E-state index in [1.165, 1.54) is 0 Å². The minimum Gasteiger partial charge on any atom is -0.359 e. The van der Waals surface area contributed by atoms with Crippen LogP contribution in [0.4, 0.5) is 5.95 Å². The van der Waals surface area contributed by atoms with E-state index >= 15 is 0 Å². The first kappa shape index (κ1) is 10.5. The minimum absolute atomic E-state index is 0.512. The number of nitrogens with one attached hydrogen (secondary N) is 2. The fourth-order valence-electron chi connectivity index (χ4n) is 1.56. The van der Waals surface area contributed by atoms with Crippen molar-refractivity contribution in [1.82, 2.24) is 29.5 Å². The van der Waals surface area contributed by atoms with Crippen molar-refractivity contribution in [2.24, 2.45) is 0 Å². The molecule has 0 amide bonds. The molecule has 0 unspecified atom stereocenters. The van der Waals surface area contributed by atoms with Crippen molar-refractivity contribution in [3.63, 3.8) is 0 Å². The van der Waals surface area contributed by atoms with Gasteiger partial charge in [0.25, 0.3) is 0 Å². The monoisotopic (exact) mass is 241 g/mol. The fraction of sp³-hybridized carbons (Fsp3) is 0.0909. The first-order valence-corrected chi connectivity index (χ1v) is 5.43. The van der Waals surface area contributed by atoms with E-state index in [-0.39, 0.29) is 0 Å². The van der Waals surface area contributed by atoms with E-state index in [4.69, 9.17) is 0 Å². The smallest absolute Gasteiger partial charge is 0.240 e. The number of nitrogens with zero attached hydrogens (tertiary/aromatic N) is 5. The third kappa shape index (κ3) is 1.81. The Morgan fingerprint density at radius 2 is 2.22 bits per heavy atom. The van der Waals surface area contributed by atoms with E-state index in [9.17, 15) is 0 Å². The Morgan fingerprint density at radius 1 is 1.28 bits per heavy atom. The zero-order valence-electron chi connectivity index (χ0n) is 9.70. The van der Waals surface area contributed by atoms with Gasteiger partial charge in [-0.15, -0.1) is 0 Å². The molecule has 0 spiro atoms. The molecule has 0 aliphatic carbocycles. The van der Waals surface area contributed by atoms with E-state index in [0.29, 0.717) is 17.7 Å². The van der Waals surface area contributed by atoms with Crippen molar-refractivity contribution >= 4 is 5.95 Å². The lowest BCUT2D eigenvalue weighted by Gasteiger charge is -2.05. The van der Waals surface area contributed by atoms with Crippen molar-refractivity contribution in [3.8, 4) is 17.5 Å². The molecule has 0 aliphatic heterocycles. The Labute approximate surface area is 103 Å². The minimum atomic E-state index is 0.512. The van der Waals surface area contributed by atoms with Gasteiger partial charge in [0.05, 0.1) is 5.69 Å². The number of anilines is 1. The summed E-state index contributed by atoms with van der Waals surface area (Å²) in [7, 11) is 1.77. The fourth-order valence-corrected chi connectivity index (χ4v) is 1.56. The molecule has 3 rings (SSSR count). The van der Waals surface area contributed by atoms with Crippen molar-refractivity contribution in [2.75, 3.05) is 12.4 Å². The summed E-state index contributed by atoms with van der Waals surface area (Å²) in [4.78, 5) is 20.0. The summed E-state index contributed by atoms with van der Waals surface area (Å²) < 4.78 is 1.73. The van der Waals surface area contributed by atoms with Crippen LogP contribution in [0.1, 0.15) is 0 Å². The van der Waals surface area contributed by atoms with Gasteiger partial charge in [-0.3, -0.25) is 4.57 Å². The van der Waals surface area contributed by atoms with E-state index in [0.717, 1.165) is 5.69 Å². The number of hydrogen-bond acceptors (Lipinski definition) is 5. The molecule has 18 heavy (non-hydrogen) atoms. The standard InChI is InChI=1S/C11H11N7/c1-12-10-15-9(8-3-2-4-14-8)16-11(17-10)18-6-5-13-7-18/h2-7,14H,1H3,(H,12,15,16,17). The summed E-state index contributed by atoms with van der Waals surface area (Å²) in [5, 5.41) is 2.92. The molecule has 3 heterocycles. The van der Waals surface area contributed by atoms with Gasteiger partial charge >= 0.3 is 0 Å². The van der Waals surface area contributed by atoms with Crippen LogP contribution in [0, 0.1) is 0 Å². The topological polar surface area (TPSA) is 84.3 Å². The van der Waals surface area contributed by atoms with Crippen LogP contribution in [0.2, 0.25) is 0 Å². The molecule has 0 radical (unpaired) electrons. The summed E-state index contributed by atoms with van der Waals surface area (Å²) in [5.41, 5.74) is 0.843. The van der Waals surface area contributed by atoms with Crippen LogP contribution in [0.3, 0.4) is 0 Å². The summed E-state index contributed by atoms with van der Waals surface area (Å²) >= 11 is 0. The van der Waals surface area contributed by atoms with E-state index in [1.807, 2.05) is 18.3 Å². The summed E-state index contributed by atoms with van der Waals surface area (Å²) in [6, 6.07) is 3.81.